The van der Waals surface area contributed by atoms with E-state index in [0.717, 1.165) is 37.8 Å². The molecule has 1 saturated carbocycles. The van der Waals surface area contributed by atoms with Gasteiger partial charge in [0.25, 0.3) is 5.91 Å². The van der Waals surface area contributed by atoms with Crippen LogP contribution < -0.4 is 19.7 Å². The quantitative estimate of drug-likeness (QED) is 0.342. The Bertz CT molecular complexity index is 1640. The lowest BCUT2D eigenvalue weighted by molar-refractivity contribution is -0.136. The van der Waals surface area contributed by atoms with E-state index in [-0.39, 0.29) is 54.1 Å². The molecule has 44 heavy (non-hydrogen) atoms. The molecule has 3 aliphatic rings. The van der Waals surface area contributed by atoms with Crippen LogP contribution in [0.5, 0.6) is 17.2 Å². The van der Waals surface area contributed by atoms with Crippen molar-refractivity contribution >= 4 is 35.2 Å². The normalized spacial score (nSPS) is 18.2. The van der Waals surface area contributed by atoms with Crippen molar-refractivity contribution in [1.82, 2.24) is 10.2 Å². The Kier molecular flexibility index (Phi) is 7.90. The molecule has 2 aliphatic heterocycles. The highest BCUT2D eigenvalue weighted by Crippen LogP contribution is 2.44. The third-order valence-corrected chi connectivity index (χ3v) is 8.03. The summed E-state index contributed by atoms with van der Waals surface area (Å²) < 4.78 is 44.2. The molecule has 4 amide bonds. The summed E-state index contributed by atoms with van der Waals surface area (Å²) >= 11 is 0. The largest absolute Gasteiger partial charge is 0.487 e. The summed E-state index contributed by atoms with van der Waals surface area (Å²) in [5, 5.41) is 2.31. The fraction of sp³-hybridized carbons (Fsp3) is 0.312. The van der Waals surface area contributed by atoms with Gasteiger partial charge in [0.05, 0.1) is 30.2 Å². The molecule has 1 saturated heterocycles. The minimum Gasteiger partial charge on any atom is -0.487 e. The van der Waals surface area contributed by atoms with E-state index >= 15 is 0 Å². The number of nitrogens with one attached hydrogen (secondary N) is 1. The second-order valence-corrected chi connectivity index (χ2v) is 10.8. The second-order valence-electron chi connectivity index (χ2n) is 10.8. The Morgan fingerprint density at radius 1 is 0.932 bits per heavy atom. The van der Waals surface area contributed by atoms with Gasteiger partial charge in [0.2, 0.25) is 11.8 Å². The number of rotatable bonds is 7. The van der Waals surface area contributed by atoms with E-state index in [1.807, 2.05) is 0 Å². The maximum atomic E-state index is 13.9. The lowest BCUT2D eigenvalue weighted by Crippen LogP contribution is -2.52. The molecule has 10 nitrogen and oxygen atoms in total. The number of nitrogens with zero attached hydrogens (tertiary/aromatic N) is 2. The maximum absolute atomic E-state index is 13.9. The third kappa shape index (κ3) is 5.54. The van der Waals surface area contributed by atoms with Gasteiger partial charge < -0.3 is 19.1 Å². The Balaban J connectivity index is 1.36. The molecule has 0 bridgehead atoms. The van der Waals surface area contributed by atoms with Crippen LogP contribution in [0.2, 0.25) is 0 Å². The number of hydrogen-bond donors (Lipinski definition) is 1. The first kappa shape index (κ1) is 29.1. The van der Waals surface area contributed by atoms with E-state index < -0.39 is 35.6 Å². The van der Waals surface area contributed by atoms with Crippen molar-refractivity contribution in [2.24, 2.45) is 0 Å². The lowest BCUT2D eigenvalue weighted by Gasteiger charge is -2.29. The van der Waals surface area contributed by atoms with E-state index in [0.29, 0.717) is 17.0 Å². The zero-order chi connectivity index (χ0) is 31.0. The van der Waals surface area contributed by atoms with Gasteiger partial charge in [0.15, 0.2) is 17.4 Å². The predicted octanol–water partition coefficient (Wildman–Crippen LogP) is 5.74. The number of ether oxygens (including phenoxy) is 3. The summed E-state index contributed by atoms with van der Waals surface area (Å²) in [7, 11) is 1.23. The van der Waals surface area contributed by atoms with Gasteiger partial charge in [-0.15, -0.1) is 0 Å². The number of piperidine rings is 1. The highest BCUT2D eigenvalue weighted by molar-refractivity contribution is 6.09. The summed E-state index contributed by atoms with van der Waals surface area (Å²) in [6.07, 6.45) is 2.90. The van der Waals surface area contributed by atoms with Crippen molar-refractivity contribution in [3.63, 3.8) is 0 Å². The number of anilines is 2. The van der Waals surface area contributed by atoms with Crippen LogP contribution in [-0.2, 0) is 20.9 Å². The minimum atomic E-state index is -1.05. The molecule has 3 aromatic rings. The molecule has 12 heteroatoms. The standard InChI is InChI=1S/C32H29F2N3O7/c1-42-32(41)37(19-7-9-21(10-8-19)43-22-11-12-23(33)24(34)16-22)25-13-6-18-17-36(26-14-15-27(38)35-30(26)39)31(40)28(18)29(25)44-20-4-2-3-5-20/h6-13,16,20,26H,2-5,14-15,17H2,1H3,(H,35,38,39). The van der Waals surface area contributed by atoms with Crippen LogP contribution in [0.3, 0.4) is 0 Å². The number of benzene rings is 3. The van der Waals surface area contributed by atoms with E-state index in [1.165, 1.54) is 23.0 Å². The molecule has 1 unspecified atom stereocenters. The second kappa shape index (κ2) is 11.9. The summed E-state index contributed by atoms with van der Waals surface area (Å²) in [6, 6.07) is 12.0. The molecule has 1 aliphatic carbocycles. The van der Waals surface area contributed by atoms with Crippen LogP contribution in [0.25, 0.3) is 0 Å². The van der Waals surface area contributed by atoms with E-state index in [2.05, 4.69) is 5.32 Å². The van der Waals surface area contributed by atoms with E-state index in [9.17, 15) is 28.0 Å². The zero-order valence-corrected chi connectivity index (χ0v) is 23.8. The van der Waals surface area contributed by atoms with Crippen LogP contribution in [0, 0.1) is 11.6 Å². The molecule has 3 aromatic carbocycles. The fourth-order valence-electron chi connectivity index (χ4n) is 5.85. The number of carbonyl (C=O) groups excluding carboxylic acids is 4. The van der Waals surface area contributed by atoms with Crippen molar-refractivity contribution in [3.05, 3.63) is 77.4 Å². The van der Waals surface area contributed by atoms with Gasteiger partial charge >= 0.3 is 6.09 Å². The van der Waals surface area contributed by atoms with Crippen molar-refractivity contribution in [3.8, 4) is 17.2 Å². The zero-order valence-electron chi connectivity index (χ0n) is 23.8. The molecular formula is C32H29F2N3O7. The number of hydrogen-bond acceptors (Lipinski definition) is 7. The number of halogens is 2. The number of amides is 4. The van der Waals surface area contributed by atoms with E-state index in [1.54, 1.807) is 36.4 Å². The van der Waals surface area contributed by atoms with E-state index in [4.69, 9.17) is 14.2 Å². The molecule has 0 radical (unpaired) electrons. The molecular weight excluding hydrogens is 576 g/mol. The number of imide groups is 1. The SMILES string of the molecule is COC(=O)N(c1ccc(Oc2ccc(F)c(F)c2)cc1)c1ccc2c(c1OC1CCCC1)C(=O)N(C1CCC(=O)NC1=O)C2. The van der Waals surface area contributed by atoms with Crippen molar-refractivity contribution in [1.29, 1.82) is 0 Å². The average Bonchev–Trinajstić information content (AvgIpc) is 3.64. The van der Waals surface area contributed by atoms with Gasteiger partial charge in [0, 0.05) is 19.0 Å². The minimum absolute atomic E-state index is 0.0893. The molecule has 2 heterocycles. The van der Waals surface area contributed by atoms with Gasteiger partial charge in [-0.25, -0.2) is 18.5 Å². The summed E-state index contributed by atoms with van der Waals surface area (Å²) in [5.41, 5.74) is 1.52. The summed E-state index contributed by atoms with van der Waals surface area (Å²) in [4.78, 5) is 54.3. The fourth-order valence-corrected chi connectivity index (χ4v) is 5.85. The van der Waals surface area contributed by atoms with Crippen LogP contribution in [0.1, 0.15) is 54.4 Å². The van der Waals surface area contributed by atoms with Gasteiger partial charge in [-0.3, -0.25) is 19.7 Å². The summed E-state index contributed by atoms with van der Waals surface area (Å²) in [5.74, 6) is -2.77. The van der Waals surface area contributed by atoms with Gasteiger partial charge in [0.1, 0.15) is 17.5 Å². The monoisotopic (exact) mass is 605 g/mol. The maximum Gasteiger partial charge on any atom is 0.418 e. The van der Waals surface area contributed by atoms with Crippen LogP contribution in [-0.4, -0.2) is 48.0 Å². The Morgan fingerprint density at radius 2 is 1.66 bits per heavy atom. The molecule has 0 aromatic heterocycles. The molecule has 228 valence electrons. The number of carbonyl (C=O) groups is 4. The average molecular weight is 606 g/mol. The Morgan fingerprint density at radius 3 is 2.34 bits per heavy atom. The van der Waals surface area contributed by atoms with Crippen LogP contribution in [0.15, 0.2) is 54.6 Å². The van der Waals surface area contributed by atoms with Crippen LogP contribution in [0.4, 0.5) is 25.0 Å². The first-order valence-corrected chi connectivity index (χ1v) is 14.3. The Hall–Kier alpha value is -5.00. The molecule has 0 spiro atoms. The molecule has 1 N–H and O–H groups in total. The van der Waals surface area contributed by atoms with Crippen molar-refractivity contribution in [2.45, 2.75) is 57.2 Å². The van der Waals surface area contributed by atoms with Gasteiger partial charge in [-0.05, 0) is 80.1 Å². The number of fused-ring (bicyclic) bond motifs is 1. The topological polar surface area (TPSA) is 114 Å². The van der Waals surface area contributed by atoms with Gasteiger partial charge in [-0.2, -0.15) is 0 Å². The first-order valence-electron chi connectivity index (χ1n) is 14.3. The molecule has 1 atom stereocenters. The highest BCUT2D eigenvalue weighted by atomic mass is 19.2. The third-order valence-electron chi connectivity index (χ3n) is 8.03. The smallest absolute Gasteiger partial charge is 0.418 e. The van der Waals surface area contributed by atoms with Crippen LogP contribution >= 0.6 is 0 Å². The summed E-state index contributed by atoms with van der Waals surface area (Å²) in [6.45, 7) is 0.149. The highest BCUT2D eigenvalue weighted by Gasteiger charge is 2.42. The lowest BCUT2D eigenvalue weighted by atomic mass is 10.0. The van der Waals surface area contributed by atoms with Crippen molar-refractivity contribution < 1.29 is 42.2 Å². The van der Waals surface area contributed by atoms with Crippen molar-refractivity contribution in [2.75, 3.05) is 12.0 Å². The predicted molar refractivity (Wildman–Crippen MR) is 153 cm³/mol. The van der Waals surface area contributed by atoms with Gasteiger partial charge in [-0.1, -0.05) is 6.07 Å². The molecule has 6 rings (SSSR count). The number of methoxy groups -OCH3 is 1. The Labute approximate surface area is 251 Å². The molecule has 2 fully saturated rings. The first-order chi connectivity index (χ1) is 21.2.